The van der Waals surface area contributed by atoms with Crippen LogP contribution in [0.2, 0.25) is 5.02 Å². The number of phenols is 1. The third-order valence-electron chi connectivity index (χ3n) is 4.28. The standard InChI is InChI=1S/C22H23ClN2O3/c1-16-2-4-17(5-3-16)14-25(15-18-6-8-19(27)9-7-18)22-12-20(23)21(13-24-22)28-11-10-26/h2-9,12-13,26-27H,10-11,14-15H2,1H3. The van der Waals surface area contributed by atoms with E-state index >= 15 is 0 Å². The van der Waals surface area contributed by atoms with Crippen LogP contribution in [0.15, 0.2) is 60.8 Å². The molecule has 6 heteroatoms. The molecule has 146 valence electrons. The maximum absolute atomic E-state index is 9.53. The first-order valence-electron chi connectivity index (χ1n) is 9.03. The van der Waals surface area contributed by atoms with E-state index in [4.69, 9.17) is 21.4 Å². The number of aromatic nitrogens is 1. The average Bonchev–Trinajstić information content (AvgIpc) is 2.70. The second kappa shape index (κ2) is 9.44. The lowest BCUT2D eigenvalue weighted by Gasteiger charge is -2.25. The van der Waals surface area contributed by atoms with Crippen molar-refractivity contribution in [2.45, 2.75) is 20.0 Å². The number of benzene rings is 2. The largest absolute Gasteiger partial charge is 0.508 e. The van der Waals surface area contributed by atoms with Gasteiger partial charge in [0.1, 0.15) is 18.2 Å². The minimum Gasteiger partial charge on any atom is -0.508 e. The Morgan fingerprint density at radius 2 is 1.61 bits per heavy atom. The van der Waals surface area contributed by atoms with E-state index < -0.39 is 0 Å². The van der Waals surface area contributed by atoms with Crippen LogP contribution in [0, 0.1) is 6.92 Å². The molecule has 0 bridgehead atoms. The van der Waals surface area contributed by atoms with Crippen molar-refractivity contribution in [3.05, 3.63) is 82.5 Å². The number of aliphatic hydroxyl groups excluding tert-OH is 1. The quantitative estimate of drug-likeness (QED) is 0.591. The molecule has 1 aromatic heterocycles. The van der Waals surface area contributed by atoms with Crippen LogP contribution in [0.3, 0.4) is 0 Å². The van der Waals surface area contributed by atoms with Crippen molar-refractivity contribution in [3.63, 3.8) is 0 Å². The number of ether oxygens (including phenoxy) is 1. The molecule has 0 radical (unpaired) electrons. The molecule has 1 heterocycles. The summed E-state index contributed by atoms with van der Waals surface area (Å²) in [5.74, 6) is 1.40. The first-order valence-corrected chi connectivity index (χ1v) is 9.40. The van der Waals surface area contributed by atoms with Crippen molar-refractivity contribution in [2.75, 3.05) is 18.1 Å². The summed E-state index contributed by atoms with van der Waals surface area (Å²) in [4.78, 5) is 6.62. The number of anilines is 1. The maximum Gasteiger partial charge on any atom is 0.156 e. The lowest BCUT2D eigenvalue weighted by atomic mass is 10.1. The Bertz CT molecular complexity index is 851. The van der Waals surface area contributed by atoms with Gasteiger partial charge in [-0.2, -0.15) is 0 Å². The van der Waals surface area contributed by atoms with E-state index in [1.165, 1.54) is 5.56 Å². The second-order valence-corrected chi connectivity index (χ2v) is 6.96. The van der Waals surface area contributed by atoms with Crippen LogP contribution >= 0.6 is 11.6 Å². The first kappa shape index (κ1) is 20.0. The van der Waals surface area contributed by atoms with Crippen LogP contribution in [-0.2, 0) is 13.1 Å². The van der Waals surface area contributed by atoms with Crippen molar-refractivity contribution < 1.29 is 14.9 Å². The summed E-state index contributed by atoms with van der Waals surface area (Å²) in [5, 5.41) is 18.9. The second-order valence-electron chi connectivity index (χ2n) is 6.55. The zero-order valence-electron chi connectivity index (χ0n) is 15.7. The topological polar surface area (TPSA) is 65.8 Å². The summed E-state index contributed by atoms with van der Waals surface area (Å²) in [6, 6.07) is 17.2. The smallest absolute Gasteiger partial charge is 0.156 e. The van der Waals surface area contributed by atoms with E-state index in [1.807, 2.05) is 12.1 Å². The molecule has 0 fully saturated rings. The predicted octanol–water partition coefficient (Wildman–Crippen LogP) is 4.33. The Hall–Kier alpha value is -2.76. The molecule has 3 rings (SSSR count). The van der Waals surface area contributed by atoms with Gasteiger partial charge in [0.2, 0.25) is 0 Å². The van der Waals surface area contributed by atoms with E-state index in [-0.39, 0.29) is 19.0 Å². The SMILES string of the molecule is Cc1ccc(CN(Cc2ccc(O)cc2)c2cc(Cl)c(OCCO)cn2)cc1. The van der Waals surface area contributed by atoms with E-state index in [0.717, 1.165) is 16.9 Å². The number of halogens is 1. The fourth-order valence-corrected chi connectivity index (χ4v) is 3.00. The molecule has 0 spiro atoms. The molecule has 0 aliphatic carbocycles. The molecule has 0 amide bonds. The highest BCUT2D eigenvalue weighted by Crippen LogP contribution is 2.29. The van der Waals surface area contributed by atoms with E-state index in [2.05, 4.69) is 41.1 Å². The van der Waals surface area contributed by atoms with Crippen LogP contribution in [0.1, 0.15) is 16.7 Å². The van der Waals surface area contributed by atoms with Gasteiger partial charge in [-0.15, -0.1) is 0 Å². The number of aromatic hydroxyl groups is 1. The van der Waals surface area contributed by atoms with Gasteiger partial charge in [0.25, 0.3) is 0 Å². The number of pyridine rings is 1. The Morgan fingerprint density at radius 1 is 1.00 bits per heavy atom. The normalized spacial score (nSPS) is 10.7. The van der Waals surface area contributed by atoms with Crippen molar-refractivity contribution in [1.29, 1.82) is 0 Å². The van der Waals surface area contributed by atoms with E-state index in [0.29, 0.717) is 23.9 Å². The van der Waals surface area contributed by atoms with Crippen LogP contribution < -0.4 is 9.64 Å². The fraction of sp³-hybridized carbons (Fsp3) is 0.227. The fourth-order valence-electron chi connectivity index (χ4n) is 2.80. The van der Waals surface area contributed by atoms with Gasteiger partial charge in [-0.3, -0.25) is 0 Å². The van der Waals surface area contributed by atoms with Crippen LogP contribution in [0.5, 0.6) is 11.5 Å². The third-order valence-corrected chi connectivity index (χ3v) is 4.58. The number of rotatable bonds is 8. The van der Waals surface area contributed by atoms with Crippen molar-refractivity contribution in [3.8, 4) is 11.5 Å². The minimum atomic E-state index is -0.0848. The molecule has 5 nitrogen and oxygen atoms in total. The predicted molar refractivity (Wildman–Crippen MR) is 111 cm³/mol. The number of hydrogen-bond acceptors (Lipinski definition) is 5. The molecule has 0 unspecified atom stereocenters. The summed E-state index contributed by atoms with van der Waals surface area (Å²) in [7, 11) is 0. The van der Waals surface area contributed by atoms with Crippen molar-refractivity contribution >= 4 is 17.4 Å². The third kappa shape index (κ3) is 5.38. The van der Waals surface area contributed by atoms with Crippen LogP contribution in [0.25, 0.3) is 0 Å². The molecule has 0 saturated heterocycles. The molecule has 0 saturated carbocycles. The van der Waals surface area contributed by atoms with E-state index in [1.54, 1.807) is 24.4 Å². The number of aryl methyl sites for hydroxylation is 1. The molecule has 2 aromatic carbocycles. The molecule has 0 atom stereocenters. The van der Waals surface area contributed by atoms with Crippen molar-refractivity contribution in [1.82, 2.24) is 4.98 Å². The molecular formula is C22H23ClN2O3. The first-order chi connectivity index (χ1) is 13.5. The zero-order valence-corrected chi connectivity index (χ0v) is 16.4. The van der Waals surface area contributed by atoms with E-state index in [9.17, 15) is 5.11 Å². The number of nitrogens with zero attached hydrogens (tertiary/aromatic N) is 2. The Labute approximate surface area is 169 Å². The van der Waals surface area contributed by atoms with Crippen molar-refractivity contribution in [2.24, 2.45) is 0 Å². The van der Waals surface area contributed by atoms with Crippen LogP contribution in [0.4, 0.5) is 5.82 Å². The van der Waals surface area contributed by atoms with Gasteiger partial charge in [-0.1, -0.05) is 53.6 Å². The maximum atomic E-state index is 9.53. The van der Waals surface area contributed by atoms with Gasteiger partial charge in [0.05, 0.1) is 17.8 Å². The number of phenolic OH excluding ortho intramolecular Hbond substituents is 1. The summed E-state index contributed by atoms with van der Waals surface area (Å²) >= 11 is 6.35. The summed E-state index contributed by atoms with van der Waals surface area (Å²) in [5.41, 5.74) is 3.41. The highest BCUT2D eigenvalue weighted by atomic mass is 35.5. The Kier molecular flexibility index (Phi) is 6.74. The summed E-state index contributed by atoms with van der Waals surface area (Å²) in [6.45, 7) is 3.40. The van der Waals surface area contributed by atoms with Gasteiger partial charge >= 0.3 is 0 Å². The molecule has 0 aliphatic heterocycles. The van der Waals surface area contributed by atoms with Gasteiger partial charge in [-0.05, 0) is 30.2 Å². The highest BCUT2D eigenvalue weighted by Gasteiger charge is 2.13. The van der Waals surface area contributed by atoms with Gasteiger partial charge < -0.3 is 19.8 Å². The summed E-state index contributed by atoms with van der Waals surface area (Å²) in [6.07, 6.45) is 1.58. The molecule has 3 aromatic rings. The lowest BCUT2D eigenvalue weighted by molar-refractivity contribution is 0.201. The average molecular weight is 399 g/mol. The lowest BCUT2D eigenvalue weighted by Crippen LogP contribution is -2.23. The Balaban J connectivity index is 1.87. The van der Waals surface area contributed by atoms with Gasteiger partial charge in [0, 0.05) is 19.2 Å². The van der Waals surface area contributed by atoms with Gasteiger partial charge in [0.15, 0.2) is 5.75 Å². The molecular weight excluding hydrogens is 376 g/mol. The number of aliphatic hydroxyl groups is 1. The van der Waals surface area contributed by atoms with Gasteiger partial charge in [-0.25, -0.2) is 4.98 Å². The number of hydrogen-bond donors (Lipinski definition) is 2. The zero-order chi connectivity index (χ0) is 19.9. The highest BCUT2D eigenvalue weighted by molar-refractivity contribution is 6.32. The molecule has 2 N–H and O–H groups in total. The molecule has 28 heavy (non-hydrogen) atoms. The molecule has 0 aliphatic rings. The minimum absolute atomic E-state index is 0.0848. The Morgan fingerprint density at radius 3 is 2.18 bits per heavy atom. The van der Waals surface area contributed by atoms with Crippen LogP contribution in [-0.4, -0.2) is 28.4 Å². The summed E-state index contributed by atoms with van der Waals surface area (Å²) < 4.78 is 5.39. The monoisotopic (exact) mass is 398 g/mol.